The van der Waals surface area contributed by atoms with Gasteiger partial charge in [-0.3, -0.25) is 4.79 Å². The zero-order valence-corrected chi connectivity index (χ0v) is 12.7. The lowest BCUT2D eigenvalue weighted by atomic mass is 9.89. The van der Waals surface area contributed by atoms with E-state index in [2.05, 4.69) is 13.8 Å². The molecule has 0 saturated carbocycles. The lowest BCUT2D eigenvalue weighted by molar-refractivity contribution is 0.0661. The van der Waals surface area contributed by atoms with Gasteiger partial charge in [-0.2, -0.15) is 0 Å². The lowest BCUT2D eigenvalue weighted by Gasteiger charge is -2.38. The van der Waals surface area contributed by atoms with Crippen molar-refractivity contribution in [1.82, 2.24) is 4.90 Å². The molecule has 0 aliphatic carbocycles. The number of hydrogen-bond donors (Lipinski definition) is 1. The van der Waals surface area contributed by atoms with E-state index in [0.29, 0.717) is 12.5 Å². The third kappa shape index (κ3) is 2.75. The van der Waals surface area contributed by atoms with Crippen LogP contribution in [0.1, 0.15) is 29.8 Å². The van der Waals surface area contributed by atoms with Gasteiger partial charge in [-0.1, -0.05) is 44.3 Å². The number of hydrogen-bond acceptors (Lipinski definition) is 3. The summed E-state index contributed by atoms with van der Waals surface area (Å²) in [5.41, 5.74) is 8.38. The van der Waals surface area contributed by atoms with Crippen molar-refractivity contribution in [2.24, 2.45) is 11.7 Å². The molecule has 2 rings (SSSR count). The van der Waals surface area contributed by atoms with E-state index in [1.165, 1.54) is 6.20 Å². The van der Waals surface area contributed by atoms with Crippen LogP contribution in [0.25, 0.3) is 0 Å². The number of carbonyl (C=O) groups excluding carboxylic acids is 1. The van der Waals surface area contributed by atoms with Crippen molar-refractivity contribution in [3.05, 3.63) is 47.2 Å². The van der Waals surface area contributed by atoms with E-state index in [4.69, 9.17) is 18.0 Å². The minimum absolute atomic E-state index is 0.0534. The summed E-state index contributed by atoms with van der Waals surface area (Å²) in [4.78, 5) is 14.6. The Morgan fingerprint density at radius 2 is 2.20 bits per heavy atom. The maximum absolute atomic E-state index is 12.7. The summed E-state index contributed by atoms with van der Waals surface area (Å²) in [6.45, 7) is 4.92. The number of nitrogens with two attached hydrogens (primary N) is 1. The summed E-state index contributed by atoms with van der Waals surface area (Å²) >= 11 is 5.05. The van der Waals surface area contributed by atoms with Crippen LogP contribution < -0.4 is 5.73 Å². The first kappa shape index (κ1) is 14.7. The van der Waals surface area contributed by atoms with Gasteiger partial charge < -0.3 is 10.6 Å². The Labute approximate surface area is 125 Å². The van der Waals surface area contributed by atoms with Gasteiger partial charge in [0.1, 0.15) is 0 Å². The van der Waals surface area contributed by atoms with Crippen molar-refractivity contribution in [3.63, 3.8) is 0 Å². The van der Waals surface area contributed by atoms with Gasteiger partial charge in [-0.25, -0.2) is 0 Å². The third-order valence-electron chi connectivity index (χ3n) is 3.57. The second kappa shape index (κ2) is 6.18. The molecule has 1 unspecified atom stereocenters. The normalized spacial score (nSPS) is 19.1. The summed E-state index contributed by atoms with van der Waals surface area (Å²) in [5, 5.41) is 1.58. The molecule has 0 radical (unpaired) electrons. The van der Waals surface area contributed by atoms with Crippen LogP contribution in [0.2, 0.25) is 0 Å². The molecule has 20 heavy (non-hydrogen) atoms. The fourth-order valence-corrected chi connectivity index (χ4v) is 2.89. The van der Waals surface area contributed by atoms with E-state index < -0.39 is 0 Å². The first-order valence-corrected chi connectivity index (χ1v) is 7.31. The van der Waals surface area contributed by atoms with Crippen molar-refractivity contribution in [3.8, 4) is 0 Å². The number of benzene rings is 1. The fourth-order valence-electron chi connectivity index (χ4n) is 2.65. The minimum atomic E-state index is -0.0534. The van der Waals surface area contributed by atoms with Gasteiger partial charge in [0.05, 0.1) is 6.04 Å². The zero-order valence-electron chi connectivity index (χ0n) is 11.9. The average Bonchev–Trinajstić information content (AvgIpc) is 2.44. The van der Waals surface area contributed by atoms with Crippen molar-refractivity contribution < 1.29 is 4.79 Å². The molecule has 106 valence electrons. The maximum atomic E-state index is 12.7. The summed E-state index contributed by atoms with van der Waals surface area (Å²) in [6, 6.07) is 7.71. The molecule has 4 heteroatoms. The first-order chi connectivity index (χ1) is 9.58. The van der Waals surface area contributed by atoms with E-state index in [1.54, 1.807) is 5.37 Å². The number of rotatable bonds is 4. The molecule has 1 aromatic carbocycles. The average molecular weight is 288 g/mol. The smallest absolute Gasteiger partial charge is 0.254 e. The Morgan fingerprint density at radius 1 is 1.50 bits per heavy atom. The highest BCUT2D eigenvalue weighted by atomic mass is 32.1. The van der Waals surface area contributed by atoms with Crippen LogP contribution in [-0.4, -0.2) is 28.8 Å². The quantitative estimate of drug-likeness (QED) is 0.684. The molecule has 0 spiro atoms. The van der Waals surface area contributed by atoms with E-state index in [-0.39, 0.29) is 11.9 Å². The van der Waals surface area contributed by atoms with Crippen LogP contribution in [0, 0.1) is 5.92 Å². The predicted octanol–water partition coefficient (Wildman–Crippen LogP) is 2.55. The summed E-state index contributed by atoms with van der Waals surface area (Å²) < 4.78 is 0. The molecule has 3 nitrogen and oxygen atoms in total. The van der Waals surface area contributed by atoms with Crippen LogP contribution >= 0.6 is 12.2 Å². The predicted molar refractivity (Wildman–Crippen MR) is 85.7 cm³/mol. The van der Waals surface area contributed by atoms with Crippen LogP contribution in [-0.2, 0) is 6.42 Å². The number of carbonyl (C=O) groups is 1. The van der Waals surface area contributed by atoms with Crippen molar-refractivity contribution >= 4 is 23.5 Å². The van der Waals surface area contributed by atoms with Gasteiger partial charge in [-0.15, -0.1) is 0 Å². The second-order valence-electron chi connectivity index (χ2n) is 5.51. The van der Waals surface area contributed by atoms with Gasteiger partial charge in [0.15, 0.2) is 0 Å². The van der Waals surface area contributed by atoms with Crippen LogP contribution in [0.15, 0.2) is 36.0 Å². The van der Waals surface area contributed by atoms with Gasteiger partial charge >= 0.3 is 0 Å². The standard InChI is InChI=1S/C16H20N2OS/c1-11(2)9-18-15(13(8-17)10-20)7-12-5-3-4-6-14(12)16(18)19/h3-6,8,10-11,15H,7,9,17H2,1-2H3. The molecule has 1 aromatic rings. The fraction of sp³-hybridized carbons (Fsp3) is 0.375. The van der Waals surface area contributed by atoms with E-state index in [9.17, 15) is 4.79 Å². The number of nitrogens with zero attached hydrogens (tertiary/aromatic N) is 1. The summed E-state index contributed by atoms with van der Waals surface area (Å²) in [6.07, 6.45) is 2.29. The Hall–Kier alpha value is -1.68. The molecular formula is C16H20N2OS. The van der Waals surface area contributed by atoms with E-state index in [1.807, 2.05) is 29.2 Å². The van der Waals surface area contributed by atoms with Crippen LogP contribution in [0.4, 0.5) is 0 Å². The third-order valence-corrected chi connectivity index (χ3v) is 3.85. The van der Waals surface area contributed by atoms with Crippen molar-refractivity contribution in [2.75, 3.05) is 6.54 Å². The highest BCUT2D eigenvalue weighted by Crippen LogP contribution is 2.27. The largest absolute Gasteiger partial charge is 0.404 e. The summed E-state index contributed by atoms with van der Waals surface area (Å²) in [7, 11) is 0. The summed E-state index contributed by atoms with van der Waals surface area (Å²) in [5.74, 6) is 0.470. The van der Waals surface area contributed by atoms with Crippen molar-refractivity contribution in [1.29, 1.82) is 0 Å². The number of fused-ring (bicyclic) bond motifs is 1. The molecule has 2 N–H and O–H groups in total. The van der Waals surface area contributed by atoms with Gasteiger partial charge in [-0.05, 0) is 30.2 Å². The number of thiocarbonyl (C=S) groups is 1. The molecule has 1 amide bonds. The second-order valence-corrected chi connectivity index (χ2v) is 5.75. The Morgan fingerprint density at radius 3 is 2.80 bits per heavy atom. The molecule has 1 aliphatic rings. The molecule has 0 aromatic heterocycles. The zero-order chi connectivity index (χ0) is 14.7. The first-order valence-electron chi connectivity index (χ1n) is 6.84. The SMILES string of the molecule is CC(C)CN1C(=O)c2ccccc2CC1C(C=S)=CN. The molecule has 0 fully saturated rings. The molecular weight excluding hydrogens is 268 g/mol. The molecule has 0 saturated heterocycles. The van der Waals surface area contributed by atoms with E-state index >= 15 is 0 Å². The van der Waals surface area contributed by atoms with Gasteiger partial charge in [0.2, 0.25) is 0 Å². The topological polar surface area (TPSA) is 46.3 Å². The van der Waals surface area contributed by atoms with Crippen LogP contribution in [0.5, 0.6) is 0 Å². The highest BCUT2D eigenvalue weighted by Gasteiger charge is 2.33. The lowest BCUT2D eigenvalue weighted by Crippen LogP contribution is -2.48. The maximum Gasteiger partial charge on any atom is 0.254 e. The molecule has 0 bridgehead atoms. The minimum Gasteiger partial charge on any atom is -0.404 e. The molecule has 1 atom stereocenters. The van der Waals surface area contributed by atoms with Crippen LogP contribution in [0.3, 0.4) is 0 Å². The molecule has 1 aliphatic heterocycles. The van der Waals surface area contributed by atoms with E-state index in [0.717, 1.165) is 23.1 Å². The highest BCUT2D eigenvalue weighted by molar-refractivity contribution is 7.79. The Balaban J connectivity index is 2.45. The Kier molecular flexibility index (Phi) is 4.55. The molecule has 1 heterocycles. The van der Waals surface area contributed by atoms with Gasteiger partial charge in [0, 0.05) is 23.0 Å². The monoisotopic (exact) mass is 288 g/mol. The van der Waals surface area contributed by atoms with Gasteiger partial charge in [0.25, 0.3) is 5.91 Å². The Bertz CT molecular complexity index is 551. The number of amides is 1. The van der Waals surface area contributed by atoms with Crippen molar-refractivity contribution in [2.45, 2.75) is 26.3 Å².